The minimum atomic E-state index is 0.752. The van der Waals surface area contributed by atoms with Gasteiger partial charge in [0.1, 0.15) is 6.29 Å². The quantitative estimate of drug-likeness (QED) is 0.655. The predicted molar refractivity (Wildman–Crippen MR) is 53.8 cm³/mol. The van der Waals surface area contributed by atoms with Gasteiger partial charge in [0.15, 0.2) is 0 Å². The second kappa shape index (κ2) is 4.77. The molecule has 0 radical (unpaired) electrons. The first-order chi connectivity index (χ1) is 6.26. The van der Waals surface area contributed by atoms with E-state index < -0.39 is 0 Å². The summed E-state index contributed by atoms with van der Waals surface area (Å²) in [5.41, 5.74) is 1.94. The molecule has 0 bridgehead atoms. The molecule has 0 atom stereocenters. The van der Waals surface area contributed by atoms with Crippen molar-refractivity contribution in [3.8, 4) is 0 Å². The summed E-state index contributed by atoms with van der Waals surface area (Å²) in [7, 11) is 2.06. The Morgan fingerprint density at radius 3 is 2.85 bits per heavy atom. The summed E-state index contributed by atoms with van der Waals surface area (Å²) in [5, 5.41) is 0. The lowest BCUT2D eigenvalue weighted by molar-refractivity contribution is 0.112. The Morgan fingerprint density at radius 1 is 1.46 bits per heavy atom. The summed E-state index contributed by atoms with van der Waals surface area (Å²) in [6.07, 6.45) is 0.884. The van der Waals surface area contributed by atoms with Gasteiger partial charge in [-0.25, -0.2) is 0 Å². The Kier molecular flexibility index (Phi) is 3.65. The topological polar surface area (TPSA) is 20.3 Å². The standard InChI is InChI=1S/C11H15NO/c1-3-12(2)8-10-5-4-6-11(7-10)9-13/h4-7,9H,3,8H2,1-2H3. The highest BCUT2D eigenvalue weighted by Gasteiger charge is 1.98. The largest absolute Gasteiger partial charge is 0.302 e. The highest BCUT2D eigenvalue weighted by molar-refractivity contribution is 5.74. The van der Waals surface area contributed by atoms with Gasteiger partial charge in [0, 0.05) is 12.1 Å². The Labute approximate surface area is 79.2 Å². The van der Waals surface area contributed by atoms with E-state index in [2.05, 4.69) is 18.9 Å². The summed E-state index contributed by atoms with van der Waals surface area (Å²) in [4.78, 5) is 12.7. The number of carbonyl (C=O) groups excluding carboxylic acids is 1. The molecule has 0 heterocycles. The van der Waals surface area contributed by atoms with E-state index in [1.165, 1.54) is 5.56 Å². The van der Waals surface area contributed by atoms with Gasteiger partial charge in [-0.1, -0.05) is 25.1 Å². The molecule has 0 saturated heterocycles. The number of carbonyl (C=O) groups is 1. The van der Waals surface area contributed by atoms with E-state index >= 15 is 0 Å². The zero-order chi connectivity index (χ0) is 9.68. The second-order valence-electron chi connectivity index (χ2n) is 3.19. The van der Waals surface area contributed by atoms with E-state index in [1.807, 2.05) is 24.3 Å². The van der Waals surface area contributed by atoms with Crippen molar-refractivity contribution in [2.24, 2.45) is 0 Å². The fourth-order valence-corrected chi connectivity index (χ4v) is 1.19. The van der Waals surface area contributed by atoms with Crippen LogP contribution >= 0.6 is 0 Å². The molecule has 0 unspecified atom stereocenters. The number of aldehydes is 1. The van der Waals surface area contributed by atoms with Crippen molar-refractivity contribution in [3.63, 3.8) is 0 Å². The van der Waals surface area contributed by atoms with Crippen molar-refractivity contribution >= 4 is 6.29 Å². The number of rotatable bonds is 4. The van der Waals surface area contributed by atoms with Gasteiger partial charge in [-0.3, -0.25) is 4.79 Å². The molecule has 0 aliphatic rings. The van der Waals surface area contributed by atoms with Crippen LogP contribution in [-0.2, 0) is 6.54 Å². The van der Waals surface area contributed by atoms with E-state index in [1.54, 1.807) is 0 Å². The van der Waals surface area contributed by atoms with E-state index in [4.69, 9.17) is 0 Å². The monoisotopic (exact) mass is 177 g/mol. The summed E-state index contributed by atoms with van der Waals surface area (Å²) in [6.45, 7) is 4.03. The minimum Gasteiger partial charge on any atom is -0.302 e. The zero-order valence-electron chi connectivity index (χ0n) is 8.16. The molecule has 0 aliphatic carbocycles. The molecule has 0 amide bonds. The Morgan fingerprint density at radius 2 is 2.23 bits per heavy atom. The molecular weight excluding hydrogens is 162 g/mol. The van der Waals surface area contributed by atoms with E-state index in [-0.39, 0.29) is 0 Å². The number of hydrogen-bond acceptors (Lipinski definition) is 2. The Hall–Kier alpha value is -1.15. The molecule has 0 N–H and O–H groups in total. The Balaban J connectivity index is 2.71. The minimum absolute atomic E-state index is 0.752. The lowest BCUT2D eigenvalue weighted by Gasteiger charge is -2.13. The maximum atomic E-state index is 10.5. The third kappa shape index (κ3) is 2.99. The molecule has 0 aliphatic heterocycles. The van der Waals surface area contributed by atoms with Crippen LogP contribution in [0.4, 0.5) is 0 Å². The number of benzene rings is 1. The SMILES string of the molecule is CCN(C)Cc1cccc(C=O)c1. The van der Waals surface area contributed by atoms with Gasteiger partial charge >= 0.3 is 0 Å². The molecule has 70 valence electrons. The van der Waals surface area contributed by atoms with Crippen LogP contribution in [-0.4, -0.2) is 24.8 Å². The molecule has 0 saturated carbocycles. The van der Waals surface area contributed by atoms with E-state index in [0.717, 1.165) is 24.9 Å². The first-order valence-corrected chi connectivity index (χ1v) is 4.49. The highest BCUT2D eigenvalue weighted by Crippen LogP contribution is 2.05. The summed E-state index contributed by atoms with van der Waals surface area (Å²) >= 11 is 0. The van der Waals surface area contributed by atoms with Crippen LogP contribution in [0, 0.1) is 0 Å². The normalized spacial score (nSPS) is 10.4. The van der Waals surface area contributed by atoms with Crippen molar-refractivity contribution in [3.05, 3.63) is 35.4 Å². The summed E-state index contributed by atoms with van der Waals surface area (Å²) in [5.74, 6) is 0. The second-order valence-corrected chi connectivity index (χ2v) is 3.19. The van der Waals surface area contributed by atoms with Gasteiger partial charge in [0.05, 0.1) is 0 Å². The van der Waals surface area contributed by atoms with Crippen molar-refractivity contribution < 1.29 is 4.79 Å². The molecule has 1 aromatic rings. The van der Waals surface area contributed by atoms with Crippen molar-refractivity contribution in [2.75, 3.05) is 13.6 Å². The van der Waals surface area contributed by atoms with Crippen LogP contribution in [0.2, 0.25) is 0 Å². The summed E-state index contributed by atoms with van der Waals surface area (Å²) in [6, 6.07) is 7.71. The zero-order valence-corrected chi connectivity index (χ0v) is 8.16. The molecule has 0 fully saturated rings. The first kappa shape index (κ1) is 9.93. The lowest BCUT2D eigenvalue weighted by Crippen LogP contribution is -2.16. The fourth-order valence-electron chi connectivity index (χ4n) is 1.19. The van der Waals surface area contributed by atoms with Crippen LogP contribution < -0.4 is 0 Å². The number of hydrogen-bond donors (Lipinski definition) is 0. The van der Waals surface area contributed by atoms with Crippen LogP contribution in [0.25, 0.3) is 0 Å². The van der Waals surface area contributed by atoms with Gasteiger partial charge in [0.2, 0.25) is 0 Å². The highest BCUT2D eigenvalue weighted by atomic mass is 16.1. The third-order valence-electron chi connectivity index (χ3n) is 2.08. The maximum Gasteiger partial charge on any atom is 0.150 e. The maximum absolute atomic E-state index is 10.5. The Bertz CT molecular complexity index is 283. The fraction of sp³-hybridized carbons (Fsp3) is 0.364. The number of nitrogens with zero attached hydrogens (tertiary/aromatic N) is 1. The smallest absolute Gasteiger partial charge is 0.150 e. The van der Waals surface area contributed by atoms with Crippen LogP contribution in [0.5, 0.6) is 0 Å². The van der Waals surface area contributed by atoms with Gasteiger partial charge in [-0.15, -0.1) is 0 Å². The van der Waals surface area contributed by atoms with Gasteiger partial charge in [0.25, 0.3) is 0 Å². The van der Waals surface area contributed by atoms with Crippen LogP contribution in [0.1, 0.15) is 22.8 Å². The molecule has 1 rings (SSSR count). The van der Waals surface area contributed by atoms with Gasteiger partial charge < -0.3 is 4.90 Å². The van der Waals surface area contributed by atoms with Crippen LogP contribution in [0.15, 0.2) is 24.3 Å². The third-order valence-corrected chi connectivity index (χ3v) is 2.08. The average molecular weight is 177 g/mol. The van der Waals surface area contributed by atoms with Crippen molar-refractivity contribution in [1.82, 2.24) is 4.90 Å². The molecular formula is C11H15NO. The lowest BCUT2D eigenvalue weighted by atomic mass is 10.1. The predicted octanol–water partition coefficient (Wildman–Crippen LogP) is 1.95. The van der Waals surface area contributed by atoms with Gasteiger partial charge in [-0.05, 0) is 25.2 Å². The van der Waals surface area contributed by atoms with Crippen LogP contribution in [0.3, 0.4) is 0 Å². The molecule has 0 aromatic heterocycles. The van der Waals surface area contributed by atoms with E-state index in [0.29, 0.717) is 0 Å². The first-order valence-electron chi connectivity index (χ1n) is 4.49. The molecule has 13 heavy (non-hydrogen) atoms. The van der Waals surface area contributed by atoms with Crippen molar-refractivity contribution in [1.29, 1.82) is 0 Å². The molecule has 1 aromatic carbocycles. The molecule has 0 spiro atoms. The average Bonchev–Trinajstić information content (AvgIpc) is 2.18. The molecule has 2 nitrogen and oxygen atoms in total. The van der Waals surface area contributed by atoms with E-state index in [9.17, 15) is 4.79 Å². The summed E-state index contributed by atoms with van der Waals surface area (Å²) < 4.78 is 0. The van der Waals surface area contributed by atoms with Crippen molar-refractivity contribution in [2.45, 2.75) is 13.5 Å². The van der Waals surface area contributed by atoms with Gasteiger partial charge in [-0.2, -0.15) is 0 Å². The molecule has 2 heteroatoms.